The molecule has 10 heteroatoms. The molecule has 0 saturated carbocycles. The molecule has 0 bridgehead atoms. The maximum atomic E-state index is 12.6. The normalized spacial score (nSPS) is 12.8. The van der Waals surface area contributed by atoms with Crippen molar-refractivity contribution in [1.29, 1.82) is 0 Å². The van der Waals surface area contributed by atoms with Crippen LogP contribution in [0.25, 0.3) is 10.2 Å². The average molecular weight is 423 g/mol. The number of rotatable bonds is 6. The van der Waals surface area contributed by atoms with Gasteiger partial charge < -0.3 is 9.30 Å². The number of amides is 1. The van der Waals surface area contributed by atoms with Crippen LogP contribution in [0.3, 0.4) is 0 Å². The first-order valence-electron chi connectivity index (χ1n) is 8.71. The third kappa shape index (κ3) is 4.23. The van der Waals surface area contributed by atoms with Gasteiger partial charge >= 0.3 is 0 Å². The number of benzene rings is 1. The molecule has 1 aromatic carbocycles. The molecule has 0 aliphatic rings. The molecule has 0 spiro atoms. The predicted molar refractivity (Wildman–Crippen MR) is 107 cm³/mol. The lowest BCUT2D eigenvalue weighted by Crippen LogP contribution is -2.20. The highest BCUT2D eigenvalue weighted by Crippen LogP contribution is 2.22. The van der Waals surface area contributed by atoms with E-state index in [0.29, 0.717) is 24.6 Å². The predicted octanol–water partition coefficient (Wildman–Crippen LogP) is 1.93. The minimum absolute atomic E-state index is 0.233. The molecule has 0 aliphatic heterocycles. The number of aromatic nitrogens is 3. The van der Waals surface area contributed by atoms with E-state index in [0.717, 1.165) is 15.9 Å². The molecule has 3 rings (SSSR count). The zero-order valence-corrected chi connectivity index (χ0v) is 17.8. The molecule has 0 fully saturated rings. The van der Waals surface area contributed by atoms with E-state index >= 15 is 0 Å². The summed E-state index contributed by atoms with van der Waals surface area (Å²) in [4.78, 5) is 17.6. The van der Waals surface area contributed by atoms with Gasteiger partial charge in [-0.2, -0.15) is 10.1 Å². The van der Waals surface area contributed by atoms with Crippen LogP contribution in [-0.4, -0.2) is 48.1 Å². The zero-order valence-electron chi connectivity index (χ0n) is 16.2. The number of thiazole rings is 1. The summed E-state index contributed by atoms with van der Waals surface area (Å²) in [6, 6.07) is 6.60. The third-order valence-electron chi connectivity index (χ3n) is 4.28. The molecule has 8 nitrogen and oxygen atoms in total. The van der Waals surface area contributed by atoms with Crippen LogP contribution >= 0.6 is 11.3 Å². The maximum absolute atomic E-state index is 12.6. The lowest BCUT2D eigenvalue weighted by Gasteiger charge is -2.06. The van der Waals surface area contributed by atoms with Crippen molar-refractivity contribution in [2.75, 3.05) is 19.5 Å². The largest absolute Gasteiger partial charge is 0.380 e. The Bertz CT molecular complexity index is 1180. The van der Waals surface area contributed by atoms with Crippen molar-refractivity contribution in [2.45, 2.75) is 25.3 Å². The third-order valence-corrected chi connectivity index (χ3v) is 6.43. The van der Waals surface area contributed by atoms with Gasteiger partial charge in [-0.15, -0.1) is 0 Å². The van der Waals surface area contributed by atoms with Crippen molar-refractivity contribution >= 4 is 37.3 Å². The van der Waals surface area contributed by atoms with Crippen LogP contribution in [0.5, 0.6) is 0 Å². The van der Waals surface area contributed by atoms with Crippen LogP contribution in [0.4, 0.5) is 0 Å². The smallest absolute Gasteiger partial charge is 0.300 e. The van der Waals surface area contributed by atoms with Gasteiger partial charge in [0.05, 0.1) is 21.7 Å². The SMILES string of the molecule is CCOCCn1c(=NC(=O)c2cc(C)n(C)n2)sc2cc(S(C)(=O)=O)ccc21. The van der Waals surface area contributed by atoms with E-state index in [1.165, 1.54) is 17.6 Å². The van der Waals surface area contributed by atoms with Gasteiger partial charge in [0.25, 0.3) is 5.91 Å². The van der Waals surface area contributed by atoms with Gasteiger partial charge in [0.1, 0.15) is 0 Å². The topological polar surface area (TPSA) is 95.6 Å². The van der Waals surface area contributed by atoms with E-state index in [2.05, 4.69) is 10.1 Å². The molecular weight excluding hydrogens is 400 g/mol. The number of hydrogen-bond donors (Lipinski definition) is 0. The summed E-state index contributed by atoms with van der Waals surface area (Å²) < 4.78 is 33.4. The zero-order chi connectivity index (χ0) is 20.5. The molecule has 0 aliphatic carbocycles. The number of carbonyl (C=O) groups excluding carboxylic acids is 1. The minimum atomic E-state index is -3.32. The summed E-state index contributed by atoms with van der Waals surface area (Å²) in [6.45, 7) is 5.31. The Morgan fingerprint density at radius 1 is 1.32 bits per heavy atom. The first-order chi connectivity index (χ1) is 13.2. The Hall–Kier alpha value is -2.30. The lowest BCUT2D eigenvalue weighted by molar-refractivity contribution is 0.0991. The standard InChI is InChI=1S/C18H22N4O4S2/c1-5-26-9-8-22-15-7-6-13(28(4,24)25)11-16(15)27-18(22)19-17(23)14-10-12(2)21(3)20-14/h6-7,10-11H,5,8-9H2,1-4H3. The van der Waals surface area contributed by atoms with Crippen LogP contribution in [0, 0.1) is 6.92 Å². The highest BCUT2D eigenvalue weighted by molar-refractivity contribution is 7.90. The fourth-order valence-electron chi connectivity index (χ4n) is 2.70. The fourth-order valence-corrected chi connectivity index (χ4v) is 4.51. The van der Waals surface area contributed by atoms with Gasteiger partial charge in [-0.1, -0.05) is 11.3 Å². The van der Waals surface area contributed by atoms with E-state index in [-0.39, 0.29) is 10.6 Å². The van der Waals surface area contributed by atoms with Crippen molar-refractivity contribution in [1.82, 2.24) is 14.3 Å². The first kappa shape index (κ1) is 20.4. The lowest BCUT2D eigenvalue weighted by atomic mass is 10.3. The molecule has 150 valence electrons. The second kappa shape index (κ2) is 7.98. The molecule has 0 unspecified atom stereocenters. The summed E-state index contributed by atoms with van der Waals surface area (Å²) in [5, 5.41) is 4.18. The summed E-state index contributed by atoms with van der Waals surface area (Å²) in [5.74, 6) is -0.441. The fraction of sp³-hybridized carbons (Fsp3) is 0.389. The average Bonchev–Trinajstić information content (AvgIpc) is 3.14. The number of hydrogen-bond acceptors (Lipinski definition) is 6. The maximum Gasteiger partial charge on any atom is 0.300 e. The number of nitrogens with zero attached hydrogens (tertiary/aromatic N) is 4. The Morgan fingerprint density at radius 2 is 2.07 bits per heavy atom. The monoisotopic (exact) mass is 422 g/mol. The van der Waals surface area contributed by atoms with Crippen molar-refractivity contribution in [3.63, 3.8) is 0 Å². The van der Waals surface area contributed by atoms with Crippen molar-refractivity contribution in [3.8, 4) is 0 Å². The number of fused-ring (bicyclic) bond motifs is 1. The number of carbonyl (C=O) groups is 1. The molecule has 0 radical (unpaired) electrons. The highest BCUT2D eigenvalue weighted by atomic mass is 32.2. The number of ether oxygens (including phenoxy) is 1. The van der Waals surface area contributed by atoms with Crippen LogP contribution in [0.15, 0.2) is 34.2 Å². The van der Waals surface area contributed by atoms with Gasteiger partial charge in [0, 0.05) is 32.1 Å². The van der Waals surface area contributed by atoms with Crippen molar-refractivity contribution in [2.24, 2.45) is 12.0 Å². The summed E-state index contributed by atoms with van der Waals surface area (Å²) in [5.41, 5.74) is 1.93. The Balaban J connectivity index is 2.12. The molecule has 2 heterocycles. The molecule has 0 saturated heterocycles. The van der Waals surface area contributed by atoms with Gasteiger partial charge in [-0.05, 0) is 38.1 Å². The second-order valence-electron chi connectivity index (χ2n) is 6.35. The molecule has 2 aromatic heterocycles. The first-order valence-corrected chi connectivity index (χ1v) is 11.4. The molecular formula is C18H22N4O4S2. The highest BCUT2D eigenvalue weighted by Gasteiger charge is 2.15. The van der Waals surface area contributed by atoms with Crippen LogP contribution in [0.1, 0.15) is 23.1 Å². The van der Waals surface area contributed by atoms with E-state index < -0.39 is 15.7 Å². The van der Waals surface area contributed by atoms with E-state index in [4.69, 9.17) is 4.74 Å². The summed E-state index contributed by atoms with van der Waals surface area (Å²) in [7, 11) is -1.56. The molecule has 0 atom stereocenters. The van der Waals surface area contributed by atoms with E-state index in [1.54, 1.807) is 36.0 Å². The molecule has 1 amide bonds. The quantitative estimate of drug-likeness (QED) is 0.566. The number of aryl methyl sites for hydroxylation is 2. The molecule has 0 N–H and O–H groups in total. The summed E-state index contributed by atoms with van der Waals surface area (Å²) >= 11 is 1.27. The van der Waals surface area contributed by atoms with Gasteiger partial charge in [-0.3, -0.25) is 9.48 Å². The van der Waals surface area contributed by atoms with Crippen LogP contribution in [0.2, 0.25) is 0 Å². The van der Waals surface area contributed by atoms with Gasteiger partial charge in [0.2, 0.25) is 0 Å². The summed E-state index contributed by atoms with van der Waals surface area (Å²) in [6.07, 6.45) is 1.17. The van der Waals surface area contributed by atoms with E-state index in [9.17, 15) is 13.2 Å². The van der Waals surface area contributed by atoms with Crippen LogP contribution in [-0.2, 0) is 28.2 Å². The Kier molecular flexibility index (Phi) is 5.82. The van der Waals surface area contributed by atoms with Gasteiger partial charge in [0.15, 0.2) is 20.3 Å². The Labute approximate surface area is 167 Å². The second-order valence-corrected chi connectivity index (χ2v) is 9.37. The van der Waals surface area contributed by atoms with Gasteiger partial charge in [-0.25, -0.2) is 8.42 Å². The molecule has 3 aromatic rings. The van der Waals surface area contributed by atoms with Crippen LogP contribution < -0.4 is 4.80 Å². The van der Waals surface area contributed by atoms with Crippen molar-refractivity contribution in [3.05, 3.63) is 40.5 Å². The van der Waals surface area contributed by atoms with Crippen molar-refractivity contribution < 1.29 is 17.9 Å². The minimum Gasteiger partial charge on any atom is -0.380 e. The van der Waals surface area contributed by atoms with E-state index in [1.807, 2.05) is 18.4 Å². The molecule has 28 heavy (non-hydrogen) atoms. The Morgan fingerprint density at radius 3 is 2.68 bits per heavy atom. The number of sulfone groups is 1.